The van der Waals surface area contributed by atoms with Gasteiger partial charge in [0.2, 0.25) is 5.91 Å². The van der Waals surface area contributed by atoms with Gasteiger partial charge in [-0.2, -0.15) is 0 Å². The molecule has 0 bridgehead atoms. The molecule has 0 saturated carbocycles. The van der Waals surface area contributed by atoms with Crippen molar-refractivity contribution in [3.63, 3.8) is 0 Å². The minimum Gasteiger partial charge on any atom is -0.496 e. The molecule has 3 nitrogen and oxygen atoms in total. The van der Waals surface area contributed by atoms with Crippen LogP contribution >= 0.6 is 27.5 Å². The number of alkyl halides is 1. The first-order valence-corrected chi connectivity index (χ1v) is 6.69. The SMILES string of the molecule is COc1ccc(NC(=O)CCCCCl)cc1Br. The number of methoxy groups -OCH3 is 1. The van der Waals surface area contributed by atoms with Crippen LogP contribution in [-0.2, 0) is 4.79 Å². The Bertz CT molecular complexity index is 385. The van der Waals surface area contributed by atoms with Gasteiger partial charge >= 0.3 is 0 Å². The Balaban J connectivity index is 2.51. The summed E-state index contributed by atoms with van der Waals surface area (Å²) < 4.78 is 5.93. The van der Waals surface area contributed by atoms with Crippen molar-refractivity contribution in [2.24, 2.45) is 0 Å². The molecule has 0 radical (unpaired) electrons. The van der Waals surface area contributed by atoms with Gasteiger partial charge in [0.05, 0.1) is 11.6 Å². The van der Waals surface area contributed by atoms with Crippen LogP contribution in [0.1, 0.15) is 19.3 Å². The molecule has 0 saturated heterocycles. The number of anilines is 1. The van der Waals surface area contributed by atoms with Gasteiger partial charge in [-0.3, -0.25) is 4.79 Å². The van der Waals surface area contributed by atoms with E-state index < -0.39 is 0 Å². The first-order valence-electron chi connectivity index (χ1n) is 5.36. The Kier molecular flexibility index (Phi) is 6.37. The van der Waals surface area contributed by atoms with Crippen molar-refractivity contribution < 1.29 is 9.53 Å². The quantitative estimate of drug-likeness (QED) is 0.639. The van der Waals surface area contributed by atoms with Gasteiger partial charge in [-0.25, -0.2) is 0 Å². The van der Waals surface area contributed by atoms with Crippen LogP contribution in [0.25, 0.3) is 0 Å². The number of rotatable bonds is 6. The van der Waals surface area contributed by atoms with E-state index >= 15 is 0 Å². The molecule has 0 spiro atoms. The van der Waals surface area contributed by atoms with E-state index in [1.807, 2.05) is 12.1 Å². The number of unbranched alkanes of at least 4 members (excludes halogenated alkanes) is 1. The fraction of sp³-hybridized carbons (Fsp3) is 0.417. The molecule has 1 N–H and O–H groups in total. The van der Waals surface area contributed by atoms with E-state index in [9.17, 15) is 4.79 Å². The lowest BCUT2D eigenvalue weighted by Crippen LogP contribution is -2.11. The topological polar surface area (TPSA) is 38.3 Å². The lowest BCUT2D eigenvalue weighted by atomic mass is 10.2. The molecule has 0 unspecified atom stereocenters. The van der Waals surface area contributed by atoms with Crippen molar-refractivity contribution in [3.05, 3.63) is 22.7 Å². The molecule has 1 rings (SSSR count). The van der Waals surface area contributed by atoms with E-state index in [0.717, 1.165) is 28.8 Å². The first kappa shape index (κ1) is 14.3. The Labute approximate surface area is 115 Å². The van der Waals surface area contributed by atoms with Crippen LogP contribution < -0.4 is 10.1 Å². The normalized spacial score (nSPS) is 10.1. The summed E-state index contributed by atoms with van der Waals surface area (Å²) in [5.41, 5.74) is 0.758. The van der Waals surface area contributed by atoms with Gasteiger partial charge in [0.15, 0.2) is 0 Å². The molecule has 1 amide bonds. The molecule has 0 aliphatic heterocycles. The predicted octanol–water partition coefficient (Wildman–Crippen LogP) is 3.81. The van der Waals surface area contributed by atoms with Crippen molar-refractivity contribution in [2.45, 2.75) is 19.3 Å². The molecular weight excluding hydrogens is 305 g/mol. The summed E-state index contributed by atoms with van der Waals surface area (Å²) in [5, 5.41) is 2.83. The van der Waals surface area contributed by atoms with Gasteiger partial charge in [-0.05, 0) is 47.0 Å². The molecule has 1 aromatic rings. The summed E-state index contributed by atoms with van der Waals surface area (Å²) in [6, 6.07) is 5.43. The fourth-order valence-corrected chi connectivity index (χ4v) is 2.08. The third-order valence-corrected chi connectivity index (χ3v) is 3.11. The second-order valence-corrected chi connectivity index (χ2v) is 4.78. The van der Waals surface area contributed by atoms with Gasteiger partial charge in [-0.15, -0.1) is 11.6 Å². The maximum atomic E-state index is 11.6. The Morgan fingerprint density at radius 1 is 1.47 bits per heavy atom. The van der Waals surface area contributed by atoms with Gasteiger partial charge < -0.3 is 10.1 Å². The van der Waals surface area contributed by atoms with Crippen LogP contribution in [0.3, 0.4) is 0 Å². The smallest absolute Gasteiger partial charge is 0.224 e. The number of carbonyl (C=O) groups excluding carboxylic acids is 1. The van der Waals surface area contributed by atoms with E-state index in [4.69, 9.17) is 16.3 Å². The van der Waals surface area contributed by atoms with Crippen LogP contribution in [0.15, 0.2) is 22.7 Å². The van der Waals surface area contributed by atoms with Gasteiger partial charge in [-0.1, -0.05) is 0 Å². The predicted molar refractivity (Wildman–Crippen MR) is 73.9 cm³/mol. The summed E-state index contributed by atoms with van der Waals surface area (Å²) in [6.07, 6.45) is 2.17. The molecule has 17 heavy (non-hydrogen) atoms. The number of halogens is 2. The van der Waals surface area contributed by atoms with Crippen molar-refractivity contribution in [1.29, 1.82) is 0 Å². The number of hydrogen-bond donors (Lipinski definition) is 1. The highest BCUT2D eigenvalue weighted by Crippen LogP contribution is 2.27. The molecule has 0 atom stereocenters. The van der Waals surface area contributed by atoms with Crippen LogP contribution in [0.4, 0.5) is 5.69 Å². The highest BCUT2D eigenvalue weighted by atomic mass is 79.9. The second-order valence-electron chi connectivity index (χ2n) is 3.54. The van der Waals surface area contributed by atoms with Crippen LogP contribution in [0.5, 0.6) is 5.75 Å². The summed E-state index contributed by atoms with van der Waals surface area (Å²) >= 11 is 8.91. The zero-order valence-electron chi connectivity index (χ0n) is 9.63. The second kappa shape index (κ2) is 7.56. The number of amides is 1. The van der Waals surface area contributed by atoms with Gasteiger partial charge in [0, 0.05) is 18.0 Å². The average Bonchev–Trinajstić information content (AvgIpc) is 2.29. The largest absolute Gasteiger partial charge is 0.496 e. The average molecular weight is 321 g/mol. The standard InChI is InChI=1S/C12H15BrClNO2/c1-17-11-6-5-9(8-10(11)13)15-12(16)4-2-3-7-14/h5-6,8H,2-4,7H2,1H3,(H,15,16). The molecule has 0 fully saturated rings. The zero-order chi connectivity index (χ0) is 12.7. The lowest BCUT2D eigenvalue weighted by molar-refractivity contribution is -0.116. The fourth-order valence-electron chi connectivity index (χ4n) is 1.35. The first-order chi connectivity index (χ1) is 8.17. The molecule has 94 valence electrons. The van der Waals surface area contributed by atoms with E-state index in [0.29, 0.717) is 12.3 Å². The van der Waals surface area contributed by atoms with Crippen LogP contribution in [0.2, 0.25) is 0 Å². The molecule has 0 heterocycles. The lowest BCUT2D eigenvalue weighted by Gasteiger charge is -2.08. The Morgan fingerprint density at radius 3 is 2.82 bits per heavy atom. The summed E-state index contributed by atoms with van der Waals surface area (Å²) in [6.45, 7) is 0. The molecule has 0 aliphatic carbocycles. The van der Waals surface area contributed by atoms with Crippen molar-refractivity contribution in [2.75, 3.05) is 18.3 Å². The minimum absolute atomic E-state index is 0.00665. The monoisotopic (exact) mass is 319 g/mol. The van der Waals surface area contributed by atoms with E-state index in [-0.39, 0.29) is 5.91 Å². The zero-order valence-corrected chi connectivity index (χ0v) is 12.0. The number of hydrogen-bond acceptors (Lipinski definition) is 2. The molecular formula is C12H15BrClNO2. The number of benzene rings is 1. The maximum absolute atomic E-state index is 11.6. The Morgan fingerprint density at radius 2 is 2.24 bits per heavy atom. The summed E-state index contributed by atoms with van der Waals surface area (Å²) in [7, 11) is 1.60. The van der Waals surface area contributed by atoms with Crippen LogP contribution in [0, 0.1) is 0 Å². The number of ether oxygens (including phenoxy) is 1. The third-order valence-electron chi connectivity index (χ3n) is 2.22. The molecule has 0 aromatic heterocycles. The molecule has 5 heteroatoms. The summed E-state index contributed by atoms with van der Waals surface area (Å²) in [4.78, 5) is 11.6. The highest BCUT2D eigenvalue weighted by Gasteiger charge is 2.05. The molecule has 1 aromatic carbocycles. The van der Waals surface area contributed by atoms with E-state index in [2.05, 4.69) is 21.2 Å². The van der Waals surface area contributed by atoms with Gasteiger partial charge in [0.1, 0.15) is 5.75 Å². The van der Waals surface area contributed by atoms with Crippen molar-refractivity contribution in [3.8, 4) is 5.75 Å². The highest BCUT2D eigenvalue weighted by molar-refractivity contribution is 9.10. The molecule has 0 aliphatic rings. The maximum Gasteiger partial charge on any atom is 0.224 e. The number of carbonyl (C=O) groups is 1. The van der Waals surface area contributed by atoms with E-state index in [1.54, 1.807) is 13.2 Å². The third kappa shape index (κ3) is 4.96. The van der Waals surface area contributed by atoms with E-state index in [1.165, 1.54) is 0 Å². The van der Waals surface area contributed by atoms with Crippen LogP contribution in [-0.4, -0.2) is 18.9 Å². The van der Waals surface area contributed by atoms with Crippen molar-refractivity contribution >= 4 is 39.1 Å². The Hall–Kier alpha value is -0.740. The van der Waals surface area contributed by atoms with Crippen molar-refractivity contribution in [1.82, 2.24) is 0 Å². The minimum atomic E-state index is 0.00665. The number of nitrogens with one attached hydrogen (secondary N) is 1. The summed E-state index contributed by atoms with van der Waals surface area (Å²) in [5.74, 6) is 1.35. The van der Waals surface area contributed by atoms with Gasteiger partial charge in [0.25, 0.3) is 0 Å².